The van der Waals surface area contributed by atoms with E-state index in [9.17, 15) is 9.90 Å². The van der Waals surface area contributed by atoms with E-state index >= 15 is 0 Å². The molecule has 1 aliphatic heterocycles. The zero-order valence-electron chi connectivity index (χ0n) is 13.5. The number of carboxylic acids is 1. The Bertz CT molecular complexity index is 724. The van der Waals surface area contributed by atoms with Gasteiger partial charge in [-0.15, -0.1) is 0 Å². The van der Waals surface area contributed by atoms with Gasteiger partial charge in [0.15, 0.2) is 11.5 Å². The van der Waals surface area contributed by atoms with E-state index in [2.05, 4.69) is 33.9 Å². The van der Waals surface area contributed by atoms with Crippen molar-refractivity contribution in [3.8, 4) is 11.4 Å². The lowest BCUT2D eigenvalue weighted by Crippen LogP contribution is -2.23. The average Bonchev–Trinajstić information content (AvgIpc) is 3.08. The molecule has 2 aromatic rings. The molecule has 5 heteroatoms. The van der Waals surface area contributed by atoms with Crippen LogP contribution < -0.4 is 0 Å². The Hall–Kier alpha value is -2.27. The van der Waals surface area contributed by atoms with Crippen molar-refractivity contribution in [2.45, 2.75) is 32.7 Å². The van der Waals surface area contributed by atoms with Crippen molar-refractivity contribution in [3.05, 3.63) is 47.3 Å². The highest BCUT2D eigenvalue weighted by Crippen LogP contribution is 2.27. The van der Waals surface area contributed by atoms with Crippen LogP contribution in [0.5, 0.6) is 0 Å². The van der Waals surface area contributed by atoms with Gasteiger partial charge in [-0.05, 0) is 57.5 Å². The topological polar surface area (TPSA) is 66.3 Å². The highest BCUT2D eigenvalue weighted by atomic mass is 16.4. The number of aromatic nitrogens is 2. The average molecular weight is 311 g/mol. The summed E-state index contributed by atoms with van der Waals surface area (Å²) in [6, 6.07) is 9.94. The molecule has 0 radical (unpaired) electrons. The third kappa shape index (κ3) is 3.40. The first-order valence-electron chi connectivity index (χ1n) is 7.98. The molecule has 5 nitrogen and oxygen atoms in total. The maximum absolute atomic E-state index is 11.2. The number of benzene rings is 1. The van der Waals surface area contributed by atoms with E-state index in [1.165, 1.54) is 24.5 Å². The summed E-state index contributed by atoms with van der Waals surface area (Å²) in [5.41, 5.74) is 2.77. The maximum atomic E-state index is 11.2. The minimum absolute atomic E-state index is 0.0329. The molecule has 1 N–H and O–H groups in total. The van der Waals surface area contributed by atoms with Gasteiger partial charge in [0.25, 0.3) is 0 Å². The van der Waals surface area contributed by atoms with Gasteiger partial charge in [0.05, 0.1) is 0 Å². The van der Waals surface area contributed by atoms with E-state index in [0.29, 0.717) is 17.6 Å². The van der Waals surface area contributed by atoms with Crippen molar-refractivity contribution in [2.75, 3.05) is 13.1 Å². The van der Waals surface area contributed by atoms with Crippen LogP contribution in [0, 0.1) is 6.92 Å². The normalized spacial score (nSPS) is 16.4. The Balaban J connectivity index is 1.94. The molecule has 0 saturated carbocycles. The molecule has 1 saturated heterocycles. The molecule has 1 aromatic carbocycles. The molecular formula is C18H21N3O2. The number of hydrogen-bond donors (Lipinski definition) is 1. The Morgan fingerprint density at radius 3 is 2.65 bits per heavy atom. The summed E-state index contributed by atoms with van der Waals surface area (Å²) in [4.78, 5) is 22.2. The summed E-state index contributed by atoms with van der Waals surface area (Å²) in [7, 11) is 0. The molecule has 1 aliphatic rings. The van der Waals surface area contributed by atoms with Crippen molar-refractivity contribution in [1.82, 2.24) is 14.9 Å². The van der Waals surface area contributed by atoms with Crippen LogP contribution in [0.3, 0.4) is 0 Å². The van der Waals surface area contributed by atoms with E-state index in [-0.39, 0.29) is 5.69 Å². The van der Waals surface area contributed by atoms with Gasteiger partial charge in [-0.3, -0.25) is 4.90 Å². The van der Waals surface area contributed by atoms with Gasteiger partial charge >= 0.3 is 5.97 Å². The fourth-order valence-corrected chi connectivity index (χ4v) is 3.08. The summed E-state index contributed by atoms with van der Waals surface area (Å²) < 4.78 is 0. The molecule has 23 heavy (non-hydrogen) atoms. The number of nitrogens with zero attached hydrogens (tertiary/aromatic N) is 3. The number of aryl methyl sites for hydroxylation is 1. The fraction of sp³-hybridized carbons (Fsp3) is 0.389. The molecular weight excluding hydrogens is 290 g/mol. The van der Waals surface area contributed by atoms with E-state index < -0.39 is 5.97 Å². The zero-order valence-corrected chi connectivity index (χ0v) is 13.5. The summed E-state index contributed by atoms with van der Waals surface area (Å²) in [5.74, 6) is -0.559. The first-order valence-corrected chi connectivity index (χ1v) is 7.98. The number of likely N-dealkylation sites (tertiary alicyclic amines) is 1. The summed E-state index contributed by atoms with van der Waals surface area (Å²) in [6.45, 7) is 6.27. The van der Waals surface area contributed by atoms with Gasteiger partial charge in [0.2, 0.25) is 0 Å². The van der Waals surface area contributed by atoms with Crippen LogP contribution in [0.15, 0.2) is 30.3 Å². The number of carboxylic acid groups (broad SMARTS) is 1. The van der Waals surface area contributed by atoms with E-state index in [1.807, 2.05) is 12.1 Å². The molecule has 0 bridgehead atoms. The van der Waals surface area contributed by atoms with Crippen molar-refractivity contribution in [1.29, 1.82) is 0 Å². The van der Waals surface area contributed by atoms with E-state index in [4.69, 9.17) is 0 Å². The SMILES string of the molecule is Cc1cc(C(=O)O)nc(-c2cccc([C@H](C)N3CCCC3)c2)n1. The second-order valence-electron chi connectivity index (χ2n) is 6.07. The van der Waals surface area contributed by atoms with Gasteiger partial charge < -0.3 is 5.11 Å². The molecule has 120 valence electrons. The second-order valence-corrected chi connectivity index (χ2v) is 6.07. The predicted octanol–water partition coefficient (Wildman–Crippen LogP) is 3.31. The molecule has 0 unspecified atom stereocenters. The second kappa shape index (κ2) is 6.46. The highest BCUT2D eigenvalue weighted by Gasteiger charge is 2.20. The lowest BCUT2D eigenvalue weighted by atomic mass is 10.0. The van der Waals surface area contributed by atoms with Crippen LogP contribution in [0.1, 0.15) is 47.6 Å². The van der Waals surface area contributed by atoms with Crippen LogP contribution in [0.2, 0.25) is 0 Å². The summed E-state index contributed by atoms with van der Waals surface area (Å²) in [6.07, 6.45) is 2.51. The van der Waals surface area contributed by atoms with Gasteiger partial charge in [-0.1, -0.05) is 18.2 Å². The smallest absolute Gasteiger partial charge is 0.354 e. The van der Waals surface area contributed by atoms with Gasteiger partial charge in [-0.2, -0.15) is 0 Å². The Morgan fingerprint density at radius 1 is 1.22 bits per heavy atom. The fourth-order valence-electron chi connectivity index (χ4n) is 3.08. The van der Waals surface area contributed by atoms with Crippen molar-refractivity contribution in [3.63, 3.8) is 0 Å². The van der Waals surface area contributed by atoms with Crippen LogP contribution in [0.4, 0.5) is 0 Å². The standard InChI is InChI=1S/C18H21N3O2/c1-12-10-16(18(22)23)20-17(19-12)15-7-5-6-14(11-15)13(2)21-8-3-4-9-21/h5-7,10-11,13H,3-4,8-9H2,1-2H3,(H,22,23)/t13-/m0/s1. The first kappa shape index (κ1) is 15.6. The van der Waals surface area contributed by atoms with Gasteiger partial charge in [-0.25, -0.2) is 14.8 Å². The molecule has 1 atom stereocenters. The van der Waals surface area contributed by atoms with Crippen LogP contribution in [0.25, 0.3) is 11.4 Å². The molecule has 0 amide bonds. The summed E-state index contributed by atoms with van der Waals surface area (Å²) >= 11 is 0. The third-order valence-corrected chi connectivity index (χ3v) is 4.39. The highest BCUT2D eigenvalue weighted by molar-refractivity contribution is 5.86. The minimum atomic E-state index is -1.03. The van der Waals surface area contributed by atoms with Crippen LogP contribution in [-0.2, 0) is 0 Å². The summed E-state index contributed by atoms with van der Waals surface area (Å²) in [5, 5.41) is 9.17. The molecule has 0 spiro atoms. The van der Waals surface area contributed by atoms with Crippen molar-refractivity contribution < 1.29 is 9.90 Å². The van der Waals surface area contributed by atoms with Crippen molar-refractivity contribution in [2.24, 2.45) is 0 Å². The van der Waals surface area contributed by atoms with Crippen molar-refractivity contribution >= 4 is 5.97 Å². The Labute approximate surface area is 136 Å². The van der Waals surface area contributed by atoms with Crippen LogP contribution in [-0.4, -0.2) is 39.0 Å². The number of aromatic carboxylic acids is 1. The predicted molar refractivity (Wildman–Crippen MR) is 88.4 cm³/mol. The third-order valence-electron chi connectivity index (χ3n) is 4.39. The molecule has 1 fully saturated rings. The lowest BCUT2D eigenvalue weighted by Gasteiger charge is -2.24. The quantitative estimate of drug-likeness (QED) is 0.938. The molecule has 2 heterocycles. The van der Waals surface area contributed by atoms with E-state index in [1.54, 1.807) is 6.92 Å². The lowest BCUT2D eigenvalue weighted by molar-refractivity contribution is 0.0690. The van der Waals surface area contributed by atoms with Gasteiger partial charge in [0.1, 0.15) is 0 Å². The largest absolute Gasteiger partial charge is 0.477 e. The molecule has 1 aromatic heterocycles. The molecule has 3 rings (SSSR count). The number of rotatable bonds is 4. The first-order chi connectivity index (χ1) is 11.0. The monoisotopic (exact) mass is 311 g/mol. The van der Waals surface area contributed by atoms with Crippen LogP contribution >= 0.6 is 0 Å². The zero-order chi connectivity index (χ0) is 16.4. The maximum Gasteiger partial charge on any atom is 0.354 e. The Kier molecular flexibility index (Phi) is 4.39. The Morgan fingerprint density at radius 2 is 1.96 bits per heavy atom. The van der Waals surface area contributed by atoms with Gasteiger partial charge in [0, 0.05) is 17.3 Å². The van der Waals surface area contributed by atoms with E-state index in [0.717, 1.165) is 18.7 Å². The number of carbonyl (C=O) groups is 1. The number of hydrogen-bond acceptors (Lipinski definition) is 4. The molecule has 0 aliphatic carbocycles. The minimum Gasteiger partial charge on any atom is -0.477 e.